The molecule has 6 N–H and O–H groups in total. The van der Waals surface area contributed by atoms with E-state index >= 15 is 0 Å². The number of nitrogen functional groups attached to an aromatic ring is 1. The fourth-order valence-corrected chi connectivity index (χ4v) is 1.58. The molecule has 108 valence electrons. The lowest BCUT2D eigenvalue weighted by Gasteiger charge is -2.28. The predicted molar refractivity (Wildman–Crippen MR) is 74.8 cm³/mol. The van der Waals surface area contributed by atoms with Gasteiger partial charge in [-0.3, -0.25) is 0 Å². The number of aliphatic hydroxyl groups is 2. The van der Waals surface area contributed by atoms with Gasteiger partial charge in [0.15, 0.2) is 0 Å². The molecule has 0 atom stereocenters. The lowest BCUT2D eigenvalue weighted by atomic mass is 10.1. The molecule has 0 saturated heterocycles. The monoisotopic (exact) mass is 269 g/mol. The first-order valence-electron chi connectivity index (χ1n) is 6.33. The van der Waals surface area contributed by atoms with E-state index < -0.39 is 5.54 Å². The molecule has 1 heterocycles. The van der Waals surface area contributed by atoms with Crippen LogP contribution in [0.2, 0.25) is 0 Å². The van der Waals surface area contributed by atoms with Crippen molar-refractivity contribution in [3.05, 3.63) is 11.4 Å². The van der Waals surface area contributed by atoms with E-state index in [0.717, 1.165) is 18.4 Å². The molecule has 7 nitrogen and oxygen atoms in total. The van der Waals surface area contributed by atoms with Crippen LogP contribution in [0.3, 0.4) is 0 Å². The van der Waals surface area contributed by atoms with E-state index in [2.05, 4.69) is 20.7 Å². The number of aliphatic hydroxyl groups excluding tert-OH is 2. The van der Waals surface area contributed by atoms with Crippen LogP contribution >= 0.6 is 0 Å². The van der Waals surface area contributed by atoms with Crippen molar-refractivity contribution in [1.82, 2.24) is 9.97 Å². The maximum Gasteiger partial charge on any atom is 0.148 e. The Labute approximate surface area is 113 Å². The van der Waals surface area contributed by atoms with Crippen molar-refractivity contribution < 1.29 is 10.2 Å². The number of anilines is 2. The summed E-state index contributed by atoms with van der Waals surface area (Å²) in [5, 5.41) is 21.7. The van der Waals surface area contributed by atoms with E-state index in [1.54, 1.807) is 6.92 Å². The maximum absolute atomic E-state index is 9.33. The highest BCUT2D eigenvalue weighted by Gasteiger charge is 2.24. The molecule has 0 unspecified atom stereocenters. The number of rotatable bonds is 7. The topological polar surface area (TPSA) is 116 Å². The van der Waals surface area contributed by atoms with E-state index in [-0.39, 0.29) is 13.2 Å². The molecule has 0 saturated carbocycles. The zero-order chi connectivity index (χ0) is 14.5. The normalized spacial score (nSPS) is 11.5. The van der Waals surface area contributed by atoms with Crippen LogP contribution in [0.1, 0.15) is 31.7 Å². The van der Waals surface area contributed by atoms with Crippen LogP contribution in [0.25, 0.3) is 0 Å². The Kier molecular flexibility index (Phi) is 5.46. The minimum absolute atomic E-state index is 0.207. The van der Waals surface area contributed by atoms with Gasteiger partial charge in [0.05, 0.1) is 18.8 Å². The number of hydrogen-bond acceptors (Lipinski definition) is 7. The molecule has 0 bridgehead atoms. The first-order chi connectivity index (χ1) is 8.99. The summed E-state index contributed by atoms with van der Waals surface area (Å²) in [6.07, 6.45) is 1.66. The van der Waals surface area contributed by atoms with Gasteiger partial charge >= 0.3 is 0 Å². The summed E-state index contributed by atoms with van der Waals surface area (Å²) >= 11 is 0. The fraction of sp³-hybridized carbons (Fsp3) is 0.667. The second-order valence-electron chi connectivity index (χ2n) is 4.86. The Balaban J connectivity index is 3.14. The van der Waals surface area contributed by atoms with Gasteiger partial charge in [-0.1, -0.05) is 6.92 Å². The van der Waals surface area contributed by atoms with Gasteiger partial charge in [-0.15, -0.1) is 0 Å². The summed E-state index contributed by atoms with van der Waals surface area (Å²) in [5.41, 5.74) is 2.45. The van der Waals surface area contributed by atoms with E-state index in [4.69, 9.17) is 5.84 Å². The summed E-state index contributed by atoms with van der Waals surface area (Å²) in [4.78, 5) is 8.72. The van der Waals surface area contributed by atoms with Gasteiger partial charge in [0.25, 0.3) is 0 Å². The van der Waals surface area contributed by atoms with Crippen LogP contribution in [0.15, 0.2) is 0 Å². The SMILES string of the molecule is CCCc1nc(NN)c(C)c(NC(C)(CO)CO)n1. The maximum atomic E-state index is 9.33. The molecule has 0 aliphatic rings. The largest absolute Gasteiger partial charge is 0.394 e. The van der Waals surface area contributed by atoms with E-state index in [9.17, 15) is 10.2 Å². The Bertz CT molecular complexity index is 421. The Morgan fingerprint density at radius 1 is 1.21 bits per heavy atom. The number of hydrogen-bond donors (Lipinski definition) is 5. The van der Waals surface area contributed by atoms with Crippen LogP contribution in [0.5, 0.6) is 0 Å². The Morgan fingerprint density at radius 3 is 2.26 bits per heavy atom. The molecule has 1 rings (SSSR count). The van der Waals surface area contributed by atoms with Crippen molar-refractivity contribution >= 4 is 11.6 Å². The van der Waals surface area contributed by atoms with Crippen molar-refractivity contribution in [2.75, 3.05) is 24.0 Å². The smallest absolute Gasteiger partial charge is 0.148 e. The van der Waals surface area contributed by atoms with Crippen molar-refractivity contribution in [2.24, 2.45) is 5.84 Å². The Hall–Kier alpha value is -1.44. The number of nitrogens with zero attached hydrogens (tertiary/aromatic N) is 2. The third-order valence-corrected chi connectivity index (χ3v) is 2.92. The molecule has 0 radical (unpaired) electrons. The first kappa shape index (κ1) is 15.6. The third-order valence-electron chi connectivity index (χ3n) is 2.92. The van der Waals surface area contributed by atoms with E-state index in [1.807, 2.05) is 13.8 Å². The first-order valence-corrected chi connectivity index (χ1v) is 6.33. The number of aromatic nitrogens is 2. The van der Waals surface area contributed by atoms with E-state index in [0.29, 0.717) is 17.5 Å². The number of nitrogens with one attached hydrogen (secondary N) is 2. The lowest BCUT2D eigenvalue weighted by Crippen LogP contribution is -2.43. The zero-order valence-electron chi connectivity index (χ0n) is 11.7. The molecule has 0 aliphatic carbocycles. The van der Waals surface area contributed by atoms with Gasteiger partial charge < -0.3 is 21.0 Å². The lowest BCUT2D eigenvalue weighted by molar-refractivity contribution is 0.147. The van der Waals surface area contributed by atoms with Gasteiger partial charge in [0.2, 0.25) is 0 Å². The van der Waals surface area contributed by atoms with Gasteiger partial charge in [-0.25, -0.2) is 15.8 Å². The van der Waals surface area contributed by atoms with Crippen molar-refractivity contribution in [1.29, 1.82) is 0 Å². The third kappa shape index (κ3) is 3.76. The van der Waals surface area contributed by atoms with Crippen LogP contribution in [-0.2, 0) is 6.42 Å². The summed E-state index contributed by atoms with van der Waals surface area (Å²) < 4.78 is 0. The molecule has 19 heavy (non-hydrogen) atoms. The standard InChI is InChI=1S/C12H23N5O2/c1-4-5-9-14-10(8(2)11(15-9)17-13)16-12(3,6-18)7-19/h18-19H,4-7,13H2,1-3H3,(H2,14,15,16,17). The van der Waals surface area contributed by atoms with E-state index in [1.165, 1.54) is 0 Å². The predicted octanol–water partition coefficient (Wildman–Crippen LogP) is 0.178. The number of aryl methyl sites for hydroxylation is 1. The molecule has 1 aromatic rings. The highest BCUT2D eigenvalue weighted by molar-refractivity contribution is 5.57. The van der Waals surface area contributed by atoms with Gasteiger partial charge in [-0.2, -0.15) is 0 Å². The highest BCUT2D eigenvalue weighted by atomic mass is 16.3. The molecule has 0 spiro atoms. The minimum Gasteiger partial charge on any atom is -0.394 e. The zero-order valence-corrected chi connectivity index (χ0v) is 11.7. The van der Waals surface area contributed by atoms with Gasteiger partial charge in [-0.05, 0) is 20.3 Å². The average Bonchev–Trinajstić information content (AvgIpc) is 2.42. The fourth-order valence-electron chi connectivity index (χ4n) is 1.58. The Morgan fingerprint density at radius 2 is 1.79 bits per heavy atom. The second kappa shape index (κ2) is 6.65. The molecule has 0 fully saturated rings. The molecule has 0 amide bonds. The second-order valence-corrected chi connectivity index (χ2v) is 4.86. The quantitative estimate of drug-likeness (QED) is 0.354. The van der Waals surface area contributed by atoms with Crippen molar-refractivity contribution in [2.45, 2.75) is 39.2 Å². The van der Waals surface area contributed by atoms with Gasteiger partial charge in [0.1, 0.15) is 17.5 Å². The summed E-state index contributed by atoms with van der Waals surface area (Å²) in [6, 6.07) is 0. The van der Waals surface area contributed by atoms with Crippen molar-refractivity contribution in [3.8, 4) is 0 Å². The molecular formula is C12H23N5O2. The number of nitrogens with two attached hydrogens (primary N) is 1. The highest BCUT2D eigenvalue weighted by Crippen LogP contribution is 2.22. The average molecular weight is 269 g/mol. The van der Waals surface area contributed by atoms with Gasteiger partial charge in [0, 0.05) is 12.0 Å². The molecule has 0 aromatic carbocycles. The summed E-state index contributed by atoms with van der Waals surface area (Å²) in [7, 11) is 0. The molecular weight excluding hydrogens is 246 g/mol. The molecule has 0 aliphatic heterocycles. The summed E-state index contributed by atoms with van der Waals surface area (Å²) in [5.74, 6) is 7.22. The number of hydrazine groups is 1. The van der Waals surface area contributed by atoms with Crippen LogP contribution in [0.4, 0.5) is 11.6 Å². The minimum atomic E-state index is -0.839. The van der Waals surface area contributed by atoms with Crippen LogP contribution in [0, 0.1) is 6.92 Å². The summed E-state index contributed by atoms with van der Waals surface area (Å²) in [6.45, 7) is 5.16. The van der Waals surface area contributed by atoms with Crippen LogP contribution in [-0.4, -0.2) is 38.9 Å². The van der Waals surface area contributed by atoms with Crippen molar-refractivity contribution in [3.63, 3.8) is 0 Å². The molecule has 1 aromatic heterocycles. The van der Waals surface area contributed by atoms with Crippen LogP contribution < -0.4 is 16.6 Å². The molecule has 7 heteroatoms.